The number of thiazole rings is 1. The van der Waals surface area contributed by atoms with E-state index >= 15 is 0 Å². The molecule has 2 saturated heterocycles. The molecule has 5 heterocycles. The Hall–Kier alpha value is -2.65. The molecule has 5 rings (SSSR count). The maximum Gasteiger partial charge on any atom is 0.289 e. The minimum Gasteiger partial charge on any atom is -0.459 e. The van der Waals surface area contributed by atoms with Crippen molar-refractivity contribution in [3.63, 3.8) is 0 Å². The summed E-state index contributed by atoms with van der Waals surface area (Å²) in [6.07, 6.45) is 5.37. The summed E-state index contributed by atoms with van der Waals surface area (Å²) in [5.41, 5.74) is 0.897. The van der Waals surface area contributed by atoms with Crippen LogP contribution >= 0.6 is 11.3 Å². The van der Waals surface area contributed by atoms with Crippen LogP contribution in [-0.2, 0) is 16.1 Å². The van der Waals surface area contributed by atoms with E-state index in [1.165, 1.54) is 6.26 Å². The molecular formula is C19H20N4O4S. The van der Waals surface area contributed by atoms with Gasteiger partial charge in [0.25, 0.3) is 5.91 Å². The van der Waals surface area contributed by atoms with Crippen molar-refractivity contribution in [2.75, 3.05) is 26.3 Å². The zero-order chi connectivity index (χ0) is 19.3. The van der Waals surface area contributed by atoms with Gasteiger partial charge < -0.3 is 19.4 Å². The van der Waals surface area contributed by atoms with Crippen LogP contribution in [0.4, 0.5) is 0 Å². The van der Waals surface area contributed by atoms with Crippen LogP contribution in [0.2, 0.25) is 0 Å². The van der Waals surface area contributed by atoms with Crippen molar-refractivity contribution in [1.82, 2.24) is 19.6 Å². The molecular weight excluding hydrogens is 380 g/mol. The number of amides is 2. The number of hydrogen-bond donors (Lipinski definition) is 1. The third-order valence-electron chi connectivity index (χ3n) is 5.74. The SMILES string of the molecule is Cc1ccoc1C(=O)N1C[C@@H]2COC[C@]2(C(=O)NCc2cn3ccsc3n2)C1. The minimum atomic E-state index is -0.715. The van der Waals surface area contributed by atoms with E-state index in [-0.39, 0.29) is 17.7 Å². The molecule has 2 amide bonds. The Bertz CT molecular complexity index is 1020. The largest absolute Gasteiger partial charge is 0.459 e. The number of nitrogens with one attached hydrogen (secondary N) is 1. The van der Waals surface area contributed by atoms with Crippen LogP contribution in [0.5, 0.6) is 0 Å². The highest BCUT2D eigenvalue weighted by molar-refractivity contribution is 7.15. The highest BCUT2D eigenvalue weighted by atomic mass is 32.1. The predicted octanol–water partition coefficient (Wildman–Crippen LogP) is 1.70. The Morgan fingerprint density at radius 1 is 1.46 bits per heavy atom. The topological polar surface area (TPSA) is 89.1 Å². The van der Waals surface area contributed by atoms with Crippen molar-refractivity contribution in [3.8, 4) is 0 Å². The fraction of sp³-hybridized carbons (Fsp3) is 0.421. The summed E-state index contributed by atoms with van der Waals surface area (Å²) >= 11 is 1.55. The molecule has 28 heavy (non-hydrogen) atoms. The highest BCUT2D eigenvalue weighted by Gasteiger charge is 2.57. The average Bonchev–Trinajstić information content (AvgIpc) is 3.43. The van der Waals surface area contributed by atoms with Crippen LogP contribution in [0.15, 0.2) is 34.5 Å². The summed E-state index contributed by atoms with van der Waals surface area (Å²) in [6, 6.07) is 1.77. The summed E-state index contributed by atoms with van der Waals surface area (Å²) in [5, 5.41) is 4.98. The Labute approximate surface area is 165 Å². The van der Waals surface area contributed by atoms with Gasteiger partial charge in [0, 0.05) is 42.3 Å². The fourth-order valence-electron chi connectivity index (χ4n) is 4.16. The number of nitrogens with zero attached hydrogens (tertiary/aromatic N) is 3. The number of carbonyl (C=O) groups is 2. The van der Waals surface area contributed by atoms with Gasteiger partial charge in [-0.1, -0.05) is 0 Å². The van der Waals surface area contributed by atoms with E-state index < -0.39 is 5.41 Å². The first-order valence-electron chi connectivity index (χ1n) is 9.17. The van der Waals surface area contributed by atoms with Crippen LogP contribution < -0.4 is 5.32 Å². The summed E-state index contributed by atoms with van der Waals surface area (Å²) in [4.78, 5) is 33.0. The van der Waals surface area contributed by atoms with Crippen molar-refractivity contribution in [3.05, 3.63) is 47.1 Å². The summed E-state index contributed by atoms with van der Waals surface area (Å²) in [6.45, 7) is 3.83. The van der Waals surface area contributed by atoms with Crippen molar-refractivity contribution < 1.29 is 18.7 Å². The zero-order valence-electron chi connectivity index (χ0n) is 15.4. The molecule has 8 nitrogen and oxygen atoms in total. The first-order chi connectivity index (χ1) is 13.6. The third kappa shape index (κ3) is 2.65. The smallest absolute Gasteiger partial charge is 0.289 e. The van der Waals surface area contributed by atoms with Crippen LogP contribution in [0.3, 0.4) is 0 Å². The van der Waals surface area contributed by atoms with E-state index in [9.17, 15) is 9.59 Å². The lowest BCUT2D eigenvalue weighted by Crippen LogP contribution is -2.46. The maximum absolute atomic E-state index is 13.1. The van der Waals surface area contributed by atoms with E-state index in [4.69, 9.17) is 9.15 Å². The fourth-order valence-corrected chi connectivity index (χ4v) is 4.87. The minimum absolute atomic E-state index is 0.0165. The summed E-state index contributed by atoms with van der Waals surface area (Å²) in [7, 11) is 0. The number of imidazole rings is 1. The Balaban J connectivity index is 1.31. The monoisotopic (exact) mass is 400 g/mol. The van der Waals surface area contributed by atoms with Gasteiger partial charge in [-0.3, -0.25) is 14.0 Å². The molecule has 2 aliphatic heterocycles. The molecule has 0 aromatic carbocycles. The molecule has 0 spiro atoms. The molecule has 3 aromatic heterocycles. The Morgan fingerprint density at radius 2 is 2.36 bits per heavy atom. The predicted molar refractivity (Wildman–Crippen MR) is 101 cm³/mol. The van der Waals surface area contributed by atoms with Crippen molar-refractivity contribution in [1.29, 1.82) is 0 Å². The van der Waals surface area contributed by atoms with Gasteiger partial charge in [0.15, 0.2) is 10.7 Å². The number of aryl methyl sites for hydroxylation is 1. The van der Waals surface area contributed by atoms with Gasteiger partial charge in [-0.05, 0) is 13.0 Å². The van der Waals surface area contributed by atoms with Gasteiger partial charge in [-0.2, -0.15) is 0 Å². The molecule has 146 valence electrons. The first-order valence-corrected chi connectivity index (χ1v) is 10.1. The Morgan fingerprint density at radius 3 is 3.14 bits per heavy atom. The summed E-state index contributed by atoms with van der Waals surface area (Å²) < 4.78 is 12.9. The number of fused-ring (bicyclic) bond motifs is 2. The second kappa shape index (κ2) is 6.46. The summed E-state index contributed by atoms with van der Waals surface area (Å²) in [5.74, 6) is 0.0722. The molecule has 0 aliphatic carbocycles. The Kier molecular flexibility index (Phi) is 4.02. The molecule has 1 N–H and O–H groups in total. The van der Waals surface area contributed by atoms with Gasteiger partial charge in [-0.25, -0.2) is 4.98 Å². The van der Waals surface area contributed by atoms with Crippen LogP contribution in [0.1, 0.15) is 21.8 Å². The van der Waals surface area contributed by atoms with Gasteiger partial charge >= 0.3 is 0 Å². The number of likely N-dealkylation sites (tertiary alicyclic amines) is 1. The average molecular weight is 400 g/mol. The van der Waals surface area contributed by atoms with Gasteiger partial charge in [0.2, 0.25) is 5.91 Å². The van der Waals surface area contributed by atoms with Crippen molar-refractivity contribution in [2.45, 2.75) is 13.5 Å². The quantitative estimate of drug-likeness (QED) is 0.720. The zero-order valence-corrected chi connectivity index (χ0v) is 16.2. The van der Waals surface area contributed by atoms with Gasteiger partial charge in [-0.15, -0.1) is 11.3 Å². The highest BCUT2D eigenvalue weighted by Crippen LogP contribution is 2.42. The van der Waals surface area contributed by atoms with Gasteiger partial charge in [0.1, 0.15) is 0 Å². The second-order valence-corrected chi connectivity index (χ2v) is 8.37. The van der Waals surface area contributed by atoms with Crippen LogP contribution in [-0.4, -0.2) is 52.4 Å². The third-order valence-corrected chi connectivity index (χ3v) is 6.51. The number of hydrogen-bond acceptors (Lipinski definition) is 6. The van der Waals surface area contributed by atoms with E-state index in [1.807, 2.05) is 29.1 Å². The van der Waals surface area contributed by atoms with Crippen LogP contribution in [0.25, 0.3) is 4.96 Å². The van der Waals surface area contributed by atoms with Crippen molar-refractivity contribution >= 4 is 28.1 Å². The molecule has 0 unspecified atom stereocenters. The maximum atomic E-state index is 13.1. The molecule has 2 atom stereocenters. The lowest BCUT2D eigenvalue weighted by Gasteiger charge is -2.25. The number of carbonyl (C=O) groups excluding carboxylic acids is 2. The molecule has 0 bridgehead atoms. The lowest BCUT2D eigenvalue weighted by molar-refractivity contribution is -0.131. The first kappa shape index (κ1) is 17.4. The normalized spacial score (nSPS) is 24.0. The van der Waals surface area contributed by atoms with E-state index in [2.05, 4.69) is 10.3 Å². The lowest BCUT2D eigenvalue weighted by atomic mass is 9.80. The van der Waals surface area contributed by atoms with E-state index in [1.54, 1.807) is 22.3 Å². The van der Waals surface area contributed by atoms with E-state index in [0.29, 0.717) is 38.6 Å². The van der Waals surface area contributed by atoms with Gasteiger partial charge in [0.05, 0.1) is 37.1 Å². The van der Waals surface area contributed by atoms with E-state index in [0.717, 1.165) is 16.2 Å². The second-order valence-electron chi connectivity index (χ2n) is 7.49. The molecule has 9 heteroatoms. The molecule has 2 aliphatic rings. The molecule has 3 aromatic rings. The number of rotatable bonds is 4. The molecule has 2 fully saturated rings. The number of aromatic nitrogens is 2. The van der Waals surface area contributed by atoms with Crippen molar-refractivity contribution in [2.24, 2.45) is 11.3 Å². The molecule has 0 radical (unpaired) electrons. The molecule has 0 saturated carbocycles. The standard InChI is InChI=1S/C19H20N4O4S/c1-12-2-4-27-15(12)16(24)23-7-13-9-26-11-19(13,10-23)17(25)20-6-14-8-22-3-5-28-18(22)21-14/h2-5,8,13H,6-7,9-11H2,1H3,(H,20,25)/t13-,19-/m1/s1. The van der Waals surface area contributed by atoms with Crippen LogP contribution in [0, 0.1) is 18.3 Å². The number of furan rings is 1. The number of ether oxygens (including phenoxy) is 1.